The fraction of sp³-hybridized carbons (Fsp3) is 0.594. The molecule has 0 spiro atoms. The Morgan fingerprint density at radius 2 is 1.25 bits per heavy atom. The largest absolute Gasteiger partial charge is 0.494 e. The smallest absolute Gasteiger partial charge is 0.399 e. The Hall–Kier alpha value is -2.09. The van der Waals surface area contributed by atoms with Crippen molar-refractivity contribution in [3.63, 3.8) is 0 Å². The van der Waals surface area contributed by atoms with Gasteiger partial charge in [0.25, 0.3) is 0 Å². The number of hydrogen-bond acceptors (Lipinski definition) is 3. The lowest BCUT2D eigenvalue weighted by Crippen LogP contribution is -2.41. The summed E-state index contributed by atoms with van der Waals surface area (Å²) in [4.78, 5) is 0. The van der Waals surface area contributed by atoms with Crippen molar-refractivity contribution in [2.45, 2.75) is 122 Å². The van der Waals surface area contributed by atoms with Crippen LogP contribution in [0.2, 0.25) is 0 Å². The van der Waals surface area contributed by atoms with E-state index in [-0.39, 0.29) is 23.7 Å². The topological polar surface area (TPSA) is 42.2 Å². The van der Waals surface area contributed by atoms with Gasteiger partial charge < -0.3 is 9.31 Å². The van der Waals surface area contributed by atoms with E-state index in [1.54, 1.807) is 0 Å². The van der Waals surface area contributed by atoms with Gasteiger partial charge in [-0.2, -0.15) is 5.26 Å². The zero-order valence-corrected chi connectivity index (χ0v) is 23.4. The first-order valence-corrected chi connectivity index (χ1v) is 14.2. The van der Waals surface area contributed by atoms with Gasteiger partial charge in [-0.05, 0) is 80.4 Å². The maximum atomic E-state index is 9.75. The Bertz CT molecular complexity index is 1090. The first kappa shape index (κ1) is 27.0. The Labute approximate surface area is 219 Å². The Morgan fingerprint density at radius 1 is 0.722 bits per heavy atom. The van der Waals surface area contributed by atoms with Crippen LogP contribution < -0.4 is 5.46 Å². The van der Waals surface area contributed by atoms with Crippen molar-refractivity contribution in [3.05, 3.63) is 53.1 Å². The van der Waals surface area contributed by atoms with Gasteiger partial charge in [0, 0.05) is 5.41 Å². The summed E-state index contributed by atoms with van der Waals surface area (Å²) in [5.74, 6) is 0. The van der Waals surface area contributed by atoms with E-state index in [0.29, 0.717) is 0 Å². The van der Waals surface area contributed by atoms with Crippen molar-refractivity contribution < 1.29 is 9.31 Å². The summed E-state index contributed by atoms with van der Waals surface area (Å²) in [6.45, 7) is 13.0. The Balaban J connectivity index is 1.80. The number of hydrogen-bond donors (Lipinski definition) is 0. The van der Waals surface area contributed by atoms with Crippen molar-refractivity contribution in [3.8, 4) is 17.2 Å². The van der Waals surface area contributed by atoms with Gasteiger partial charge >= 0.3 is 7.12 Å². The first-order valence-electron chi connectivity index (χ1n) is 14.2. The van der Waals surface area contributed by atoms with Gasteiger partial charge in [0.15, 0.2) is 0 Å². The molecule has 2 aromatic rings. The molecule has 1 saturated heterocycles. The highest BCUT2D eigenvalue weighted by atomic mass is 16.7. The highest BCUT2D eigenvalue weighted by Gasteiger charge is 2.52. The third-order valence-electron chi connectivity index (χ3n) is 8.95. The molecule has 1 heterocycles. The van der Waals surface area contributed by atoms with Crippen LogP contribution in [0.25, 0.3) is 11.1 Å². The number of benzene rings is 2. The summed E-state index contributed by atoms with van der Waals surface area (Å²) in [6.07, 6.45) is 12.2. The van der Waals surface area contributed by atoms with Crippen LogP contribution in [0.3, 0.4) is 0 Å². The molecule has 0 saturated carbocycles. The van der Waals surface area contributed by atoms with Gasteiger partial charge in [-0.1, -0.05) is 89.5 Å². The summed E-state index contributed by atoms with van der Waals surface area (Å²) in [5, 5.41) is 9.75. The second-order valence-corrected chi connectivity index (χ2v) is 12.0. The molecule has 36 heavy (non-hydrogen) atoms. The number of nitriles is 1. The number of rotatable bonds is 11. The highest BCUT2D eigenvalue weighted by Crippen LogP contribution is 2.54. The van der Waals surface area contributed by atoms with Crippen LogP contribution in [0.5, 0.6) is 0 Å². The van der Waals surface area contributed by atoms with E-state index in [1.165, 1.54) is 73.6 Å². The fourth-order valence-electron chi connectivity index (χ4n) is 6.08. The van der Waals surface area contributed by atoms with E-state index < -0.39 is 0 Å². The summed E-state index contributed by atoms with van der Waals surface area (Å²) < 4.78 is 12.9. The molecule has 0 unspecified atom stereocenters. The zero-order chi connectivity index (χ0) is 26.0. The summed E-state index contributed by atoms with van der Waals surface area (Å²) in [6, 6.07) is 15.6. The van der Waals surface area contributed by atoms with E-state index >= 15 is 0 Å². The van der Waals surface area contributed by atoms with Crippen LogP contribution in [0, 0.1) is 11.3 Å². The Kier molecular flexibility index (Phi) is 8.03. The minimum Gasteiger partial charge on any atom is -0.399 e. The van der Waals surface area contributed by atoms with Crippen LogP contribution in [0.15, 0.2) is 36.4 Å². The molecule has 2 aliphatic rings. The molecule has 0 bridgehead atoms. The van der Waals surface area contributed by atoms with Gasteiger partial charge in [-0.3, -0.25) is 0 Å². The minimum absolute atomic E-state index is 0.0569. The molecule has 2 aromatic carbocycles. The third-order valence-corrected chi connectivity index (χ3v) is 8.95. The van der Waals surface area contributed by atoms with Crippen molar-refractivity contribution in [1.82, 2.24) is 0 Å². The number of unbranched alkanes of at least 4 members (excludes halogenated alkanes) is 6. The maximum absolute atomic E-state index is 9.75. The molecular formula is C32H44BNO2. The van der Waals surface area contributed by atoms with Crippen LogP contribution in [0.4, 0.5) is 0 Å². The molecule has 0 amide bonds. The highest BCUT2D eigenvalue weighted by molar-refractivity contribution is 6.62. The normalized spacial score (nSPS) is 18.6. The van der Waals surface area contributed by atoms with Crippen LogP contribution in [0.1, 0.15) is 122 Å². The van der Waals surface area contributed by atoms with Gasteiger partial charge in [0.1, 0.15) is 0 Å². The molecule has 4 heteroatoms. The van der Waals surface area contributed by atoms with Crippen LogP contribution in [-0.4, -0.2) is 18.3 Å². The van der Waals surface area contributed by atoms with Gasteiger partial charge in [0.2, 0.25) is 0 Å². The second kappa shape index (κ2) is 10.7. The molecule has 0 N–H and O–H groups in total. The monoisotopic (exact) mass is 485 g/mol. The van der Waals surface area contributed by atoms with E-state index in [9.17, 15) is 5.26 Å². The average Bonchev–Trinajstić information content (AvgIpc) is 3.25. The van der Waals surface area contributed by atoms with Crippen molar-refractivity contribution in [2.24, 2.45) is 0 Å². The van der Waals surface area contributed by atoms with Crippen molar-refractivity contribution in [2.75, 3.05) is 0 Å². The quantitative estimate of drug-likeness (QED) is 0.239. The van der Waals surface area contributed by atoms with Crippen molar-refractivity contribution in [1.29, 1.82) is 5.26 Å². The van der Waals surface area contributed by atoms with E-state index in [2.05, 4.69) is 77.9 Å². The second-order valence-electron chi connectivity index (χ2n) is 12.0. The molecule has 3 nitrogen and oxygen atoms in total. The molecule has 1 aliphatic heterocycles. The fourth-order valence-corrected chi connectivity index (χ4v) is 6.08. The zero-order valence-electron chi connectivity index (χ0n) is 23.4. The summed E-state index contributed by atoms with van der Waals surface area (Å²) in [5.41, 5.74) is 6.47. The van der Waals surface area contributed by atoms with Crippen LogP contribution >= 0.6 is 0 Å². The lowest BCUT2D eigenvalue weighted by atomic mass is 9.68. The average molecular weight is 486 g/mol. The van der Waals surface area contributed by atoms with Gasteiger partial charge in [-0.15, -0.1) is 0 Å². The standard InChI is InChI=1S/C32H44BNO2/c1-7-9-11-13-19-32(20-14-12-10-8-2)28-21-24(23-34)15-17-26(28)27-18-16-25(22-29(27)32)33-35-30(3,4)31(5,6)36-33/h15-18,21-22H,7-14,19-20H2,1-6H3. The van der Waals surface area contributed by atoms with E-state index in [1.807, 2.05) is 6.07 Å². The number of nitrogens with zero attached hydrogens (tertiary/aromatic N) is 1. The summed E-state index contributed by atoms with van der Waals surface area (Å²) in [7, 11) is -0.364. The van der Waals surface area contributed by atoms with E-state index in [0.717, 1.165) is 23.9 Å². The molecule has 0 radical (unpaired) electrons. The Morgan fingerprint density at radius 3 is 1.78 bits per heavy atom. The molecular weight excluding hydrogens is 441 g/mol. The molecule has 1 fully saturated rings. The maximum Gasteiger partial charge on any atom is 0.494 e. The van der Waals surface area contributed by atoms with E-state index in [4.69, 9.17) is 9.31 Å². The number of fused-ring (bicyclic) bond motifs is 3. The lowest BCUT2D eigenvalue weighted by Gasteiger charge is -2.33. The predicted octanol–water partition coefficient (Wildman–Crippen LogP) is 8.06. The summed E-state index contributed by atoms with van der Waals surface area (Å²) >= 11 is 0. The lowest BCUT2D eigenvalue weighted by molar-refractivity contribution is 0.00578. The van der Waals surface area contributed by atoms with Crippen LogP contribution in [-0.2, 0) is 14.7 Å². The third kappa shape index (κ3) is 4.90. The van der Waals surface area contributed by atoms with Gasteiger partial charge in [-0.25, -0.2) is 0 Å². The van der Waals surface area contributed by atoms with Gasteiger partial charge in [0.05, 0.1) is 22.8 Å². The minimum atomic E-state index is -0.364. The molecule has 0 atom stereocenters. The van der Waals surface area contributed by atoms with Crippen molar-refractivity contribution >= 4 is 12.6 Å². The molecule has 4 rings (SSSR count). The molecule has 1 aliphatic carbocycles. The SMILES string of the molecule is CCCCCCC1(CCCCCC)c2cc(C#N)ccc2-c2ccc(B3OC(C)(C)C(C)(C)O3)cc21. The molecule has 192 valence electrons. The predicted molar refractivity (Wildman–Crippen MR) is 151 cm³/mol. The molecule has 0 aromatic heterocycles. The first-order chi connectivity index (χ1) is 17.2.